The molecule has 2 rings (SSSR count). The molecule has 0 N–H and O–H groups in total. The molecule has 1 heterocycles. The van der Waals surface area contributed by atoms with Crippen molar-refractivity contribution >= 4 is 37.7 Å². The van der Waals surface area contributed by atoms with Crippen molar-refractivity contribution in [1.29, 1.82) is 0 Å². The van der Waals surface area contributed by atoms with Crippen LogP contribution in [0, 0.1) is 0 Å². The highest BCUT2D eigenvalue weighted by Crippen LogP contribution is 2.17. The van der Waals surface area contributed by atoms with Crippen LogP contribution in [0.2, 0.25) is 0 Å². The Kier molecular flexibility index (Phi) is 4.12. The third kappa shape index (κ3) is 3.51. The van der Waals surface area contributed by atoms with Gasteiger partial charge in [0.25, 0.3) is 0 Å². The van der Waals surface area contributed by atoms with E-state index in [9.17, 15) is 0 Å². The Morgan fingerprint density at radius 2 is 2.00 bits per heavy atom. The Balaban J connectivity index is 2.14. The van der Waals surface area contributed by atoms with Crippen molar-refractivity contribution in [3.8, 4) is 0 Å². The normalized spacial score (nSPS) is 10.3. The van der Waals surface area contributed by atoms with Crippen LogP contribution in [0.25, 0.3) is 0 Å². The zero-order valence-electron chi connectivity index (χ0n) is 9.27. The van der Waals surface area contributed by atoms with Crippen molar-refractivity contribution in [2.24, 2.45) is 0 Å². The average Bonchev–Trinajstić information content (AvgIpc) is 2.29. The lowest BCUT2D eigenvalue weighted by atomic mass is 10.2. The van der Waals surface area contributed by atoms with Crippen molar-refractivity contribution in [2.75, 3.05) is 11.9 Å². The predicted molar refractivity (Wildman–Crippen MR) is 76.0 cm³/mol. The molecule has 3 nitrogen and oxygen atoms in total. The summed E-state index contributed by atoms with van der Waals surface area (Å²) in [6.07, 6.45) is 1.55. The maximum atomic E-state index is 4.23. The predicted octanol–water partition coefficient (Wildman–Crippen LogP) is 3.64. The largest absolute Gasteiger partial charge is 0.355 e. The summed E-state index contributed by atoms with van der Waals surface area (Å²) in [6, 6.07) is 10.1. The Labute approximate surface area is 117 Å². The maximum absolute atomic E-state index is 4.23. The van der Waals surface area contributed by atoms with Crippen LogP contribution in [0.5, 0.6) is 0 Å². The maximum Gasteiger partial charge on any atom is 0.133 e. The van der Waals surface area contributed by atoms with Gasteiger partial charge in [-0.15, -0.1) is 0 Å². The molecular weight excluding hydrogens is 346 g/mol. The minimum absolute atomic E-state index is 0.795. The van der Waals surface area contributed by atoms with E-state index >= 15 is 0 Å². The van der Waals surface area contributed by atoms with Gasteiger partial charge in [-0.05, 0) is 33.6 Å². The molecule has 2 aromatic rings. The van der Waals surface area contributed by atoms with Crippen LogP contribution in [0.4, 0.5) is 5.82 Å². The molecular formula is C12H11Br2N3. The summed E-state index contributed by atoms with van der Waals surface area (Å²) in [5.74, 6) is 0.895. The molecule has 0 aliphatic heterocycles. The molecule has 0 amide bonds. The molecule has 0 radical (unpaired) electrons. The van der Waals surface area contributed by atoms with E-state index in [0.717, 1.165) is 21.4 Å². The molecule has 1 aromatic heterocycles. The second-order valence-electron chi connectivity index (χ2n) is 3.68. The molecule has 0 unspecified atom stereocenters. The summed E-state index contributed by atoms with van der Waals surface area (Å²) < 4.78 is 1.89. The van der Waals surface area contributed by atoms with Crippen molar-refractivity contribution in [3.05, 3.63) is 51.3 Å². The van der Waals surface area contributed by atoms with Crippen LogP contribution >= 0.6 is 31.9 Å². The Morgan fingerprint density at radius 1 is 1.18 bits per heavy atom. The number of hydrogen-bond donors (Lipinski definition) is 0. The fourth-order valence-electron chi connectivity index (χ4n) is 1.52. The zero-order chi connectivity index (χ0) is 12.3. The third-order valence-corrected chi connectivity index (χ3v) is 3.25. The fraction of sp³-hybridized carbons (Fsp3) is 0.167. The van der Waals surface area contributed by atoms with E-state index in [4.69, 9.17) is 0 Å². The topological polar surface area (TPSA) is 29.0 Å². The number of halogens is 2. The van der Waals surface area contributed by atoms with Gasteiger partial charge in [-0.25, -0.2) is 9.97 Å². The summed E-state index contributed by atoms with van der Waals surface area (Å²) in [5, 5.41) is 0. The lowest BCUT2D eigenvalue weighted by molar-refractivity contribution is 0.888. The first-order valence-electron chi connectivity index (χ1n) is 5.08. The van der Waals surface area contributed by atoms with Crippen LogP contribution in [0.15, 0.2) is 45.7 Å². The van der Waals surface area contributed by atoms with E-state index in [-0.39, 0.29) is 0 Å². The van der Waals surface area contributed by atoms with Gasteiger partial charge in [-0.1, -0.05) is 28.1 Å². The number of anilines is 1. The number of hydrogen-bond acceptors (Lipinski definition) is 3. The second kappa shape index (κ2) is 5.60. The molecule has 0 spiro atoms. The molecule has 1 aromatic carbocycles. The number of rotatable bonds is 3. The molecule has 17 heavy (non-hydrogen) atoms. The first kappa shape index (κ1) is 12.5. The van der Waals surface area contributed by atoms with Gasteiger partial charge < -0.3 is 4.90 Å². The summed E-state index contributed by atoms with van der Waals surface area (Å²) in [7, 11) is 2.01. The van der Waals surface area contributed by atoms with E-state index in [1.807, 2.05) is 25.2 Å². The zero-order valence-corrected chi connectivity index (χ0v) is 12.4. The Bertz CT molecular complexity index is 517. The Morgan fingerprint density at radius 3 is 2.71 bits per heavy atom. The highest BCUT2D eigenvalue weighted by molar-refractivity contribution is 9.10. The van der Waals surface area contributed by atoms with Gasteiger partial charge in [-0.2, -0.15) is 0 Å². The summed E-state index contributed by atoms with van der Waals surface area (Å²) in [6.45, 7) is 0.808. The SMILES string of the molecule is CN(Cc1cccc(Br)c1)c1cc(Br)ncn1. The van der Waals surface area contributed by atoms with Crippen LogP contribution < -0.4 is 4.90 Å². The molecule has 5 heteroatoms. The smallest absolute Gasteiger partial charge is 0.133 e. The van der Waals surface area contributed by atoms with Gasteiger partial charge in [0.05, 0.1) is 0 Å². The highest BCUT2D eigenvalue weighted by Gasteiger charge is 2.04. The first-order valence-corrected chi connectivity index (χ1v) is 6.67. The lowest BCUT2D eigenvalue weighted by Gasteiger charge is -2.18. The van der Waals surface area contributed by atoms with Gasteiger partial charge in [0.15, 0.2) is 0 Å². The Hall–Kier alpha value is -0.940. The van der Waals surface area contributed by atoms with Crippen LogP contribution in [-0.4, -0.2) is 17.0 Å². The molecule has 88 valence electrons. The molecule has 0 aliphatic carbocycles. The minimum Gasteiger partial charge on any atom is -0.355 e. The molecule has 0 saturated heterocycles. The van der Waals surface area contributed by atoms with E-state index in [2.05, 4.69) is 58.9 Å². The van der Waals surface area contributed by atoms with Crippen LogP contribution in [-0.2, 0) is 6.54 Å². The third-order valence-electron chi connectivity index (χ3n) is 2.32. The summed E-state index contributed by atoms with van der Waals surface area (Å²) in [4.78, 5) is 10.3. The highest BCUT2D eigenvalue weighted by atomic mass is 79.9. The van der Waals surface area contributed by atoms with Crippen molar-refractivity contribution < 1.29 is 0 Å². The van der Waals surface area contributed by atoms with E-state index < -0.39 is 0 Å². The van der Waals surface area contributed by atoms with Crippen LogP contribution in [0.3, 0.4) is 0 Å². The van der Waals surface area contributed by atoms with Gasteiger partial charge in [-0.3, -0.25) is 0 Å². The standard InChI is InChI=1S/C12H11Br2N3/c1-17(12-6-11(14)15-8-16-12)7-9-3-2-4-10(13)5-9/h2-6,8H,7H2,1H3. The van der Waals surface area contributed by atoms with Crippen molar-refractivity contribution in [1.82, 2.24) is 9.97 Å². The quantitative estimate of drug-likeness (QED) is 0.786. The molecule has 0 atom stereocenters. The molecule has 0 saturated carbocycles. The van der Waals surface area contributed by atoms with Crippen molar-refractivity contribution in [2.45, 2.75) is 6.54 Å². The van der Waals surface area contributed by atoms with Gasteiger partial charge >= 0.3 is 0 Å². The lowest BCUT2D eigenvalue weighted by Crippen LogP contribution is -2.17. The number of aromatic nitrogens is 2. The van der Waals surface area contributed by atoms with Crippen molar-refractivity contribution in [3.63, 3.8) is 0 Å². The summed E-state index contributed by atoms with van der Waals surface area (Å²) >= 11 is 6.81. The van der Waals surface area contributed by atoms with Crippen LogP contribution in [0.1, 0.15) is 5.56 Å². The number of nitrogens with zero attached hydrogens (tertiary/aromatic N) is 3. The van der Waals surface area contributed by atoms with E-state index in [0.29, 0.717) is 0 Å². The monoisotopic (exact) mass is 355 g/mol. The second-order valence-corrected chi connectivity index (χ2v) is 5.41. The minimum atomic E-state index is 0.795. The number of benzene rings is 1. The van der Waals surface area contributed by atoms with E-state index in [1.54, 1.807) is 6.33 Å². The molecule has 0 bridgehead atoms. The van der Waals surface area contributed by atoms with E-state index in [1.165, 1.54) is 5.56 Å². The summed E-state index contributed by atoms with van der Waals surface area (Å²) in [5.41, 5.74) is 1.23. The first-order chi connectivity index (χ1) is 8.15. The fourth-order valence-corrected chi connectivity index (χ4v) is 2.27. The average molecular weight is 357 g/mol. The molecule has 0 fully saturated rings. The van der Waals surface area contributed by atoms with Gasteiger partial charge in [0.1, 0.15) is 16.7 Å². The molecule has 0 aliphatic rings. The van der Waals surface area contributed by atoms with Gasteiger partial charge in [0.2, 0.25) is 0 Å². The van der Waals surface area contributed by atoms with Gasteiger partial charge in [0, 0.05) is 24.1 Å².